The topological polar surface area (TPSA) is 36.4 Å². The highest BCUT2D eigenvalue weighted by Gasteiger charge is 2.30. The molecule has 1 saturated heterocycles. The number of rotatable bonds is 4. The van der Waals surface area contributed by atoms with Crippen molar-refractivity contribution in [2.75, 3.05) is 19.6 Å². The van der Waals surface area contributed by atoms with Gasteiger partial charge in [0.05, 0.1) is 6.54 Å². The number of benzene rings is 1. The summed E-state index contributed by atoms with van der Waals surface area (Å²) in [7, 11) is 0. The van der Waals surface area contributed by atoms with Crippen LogP contribution in [-0.4, -0.2) is 34.6 Å². The monoisotopic (exact) mass is 306 g/mol. The summed E-state index contributed by atoms with van der Waals surface area (Å²) in [4.78, 5) is 6.41. The van der Waals surface area contributed by atoms with E-state index in [9.17, 15) is 5.11 Å². The van der Waals surface area contributed by atoms with Crippen molar-refractivity contribution >= 4 is 0 Å². The molecule has 0 radical (unpaired) electrons. The Morgan fingerprint density at radius 1 is 0.957 bits per heavy atom. The van der Waals surface area contributed by atoms with Gasteiger partial charge >= 0.3 is 0 Å². The van der Waals surface area contributed by atoms with E-state index in [1.807, 2.05) is 42.5 Å². The van der Waals surface area contributed by atoms with Gasteiger partial charge in [-0.05, 0) is 49.2 Å². The number of hydrogen-bond donors (Lipinski definition) is 1. The van der Waals surface area contributed by atoms with Crippen LogP contribution in [0.4, 0.5) is 0 Å². The lowest BCUT2D eigenvalue weighted by Gasteiger charge is -2.27. The number of aromatic nitrogens is 1. The van der Waals surface area contributed by atoms with E-state index in [0.717, 1.165) is 30.8 Å². The third-order valence-corrected chi connectivity index (χ3v) is 4.38. The van der Waals surface area contributed by atoms with E-state index in [-0.39, 0.29) is 0 Å². The lowest BCUT2D eigenvalue weighted by Crippen LogP contribution is -2.27. The molecule has 0 amide bonds. The van der Waals surface area contributed by atoms with E-state index in [1.54, 1.807) is 12.4 Å². The van der Waals surface area contributed by atoms with Gasteiger partial charge in [0.2, 0.25) is 0 Å². The quantitative estimate of drug-likeness (QED) is 0.883. The van der Waals surface area contributed by atoms with Crippen LogP contribution in [0.25, 0.3) is 0 Å². The van der Waals surface area contributed by atoms with E-state index in [4.69, 9.17) is 0 Å². The second kappa shape index (κ2) is 7.41. The van der Waals surface area contributed by atoms with Crippen molar-refractivity contribution in [3.05, 3.63) is 66.0 Å². The van der Waals surface area contributed by atoms with Crippen LogP contribution >= 0.6 is 0 Å². The molecule has 1 N–H and O–H groups in total. The van der Waals surface area contributed by atoms with Crippen molar-refractivity contribution in [2.24, 2.45) is 0 Å². The standard InChI is InChI=1S/C20H22N2O/c23-20(18-8-2-1-3-9-18,19-10-13-21-14-11-19)12-4-5-15-22-16-6-7-17-22/h1-3,8-11,13-14,23H,6-7,12,15-17H2/t20-/m1/s1. The summed E-state index contributed by atoms with van der Waals surface area (Å²) < 4.78 is 0. The molecule has 1 aliphatic heterocycles. The van der Waals surface area contributed by atoms with Gasteiger partial charge in [-0.2, -0.15) is 0 Å². The smallest absolute Gasteiger partial charge is 0.126 e. The predicted octanol–water partition coefficient (Wildman–Crippen LogP) is 2.81. The Morgan fingerprint density at radius 3 is 2.30 bits per heavy atom. The van der Waals surface area contributed by atoms with Crippen molar-refractivity contribution in [3.8, 4) is 11.8 Å². The van der Waals surface area contributed by atoms with Crippen LogP contribution in [0.1, 0.15) is 30.4 Å². The molecule has 1 fully saturated rings. The second-order valence-electron chi connectivity index (χ2n) is 5.98. The molecule has 1 atom stereocenters. The summed E-state index contributed by atoms with van der Waals surface area (Å²) in [6.45, 7) is 3.07. The Morgan fingerprint density at radius 2 is 1.61 bits per heavy atom. The molecule has 3 heteroatoms. The first-order valence-corrected chi connectivity index (χ1v) is 8.15. The highest BCUT2D eigenvalue weighted by molar-refractivity contribution is 5.36. The van der Waals surface area contributed by atoms with E-state index >= 15 is 0 Å². The van der Waals surface area contributed by atoms with Gasteiger partial charge in [-0.1, -0.05) is 42.2 Å². The molecule has 3 nitrogen and oxygen atoms in total. The fourth-order valence-corrected chi connectivity index (χ4v) is 3.01. The largest absolute Gasteiger partial charge is 0.379 e. The van der Waals surface area contributed by atoms with Gasteiger partial charge in [0.15, 0.2) is 0 Å². The summed E-state index contributed by atoms with van der Waals surface area (Å²) in [5.41, 5.74) is 0.596. The number of aliphatic hydroxyl groups is 1. The molecule has 23 heavy (non-hydrogen) atoms. The molecule has 0 unspecified atom stereocenters. The van der Waals surface area contributed by atoms with Crippen molar-refractivity contribution in [3.63, 3.8) is 0 Å². The zero-order valence-corrected chi connectivity index (χ0v) is 13.3. The van der Waals surface area contributed by atoms with Gasteiger partial charge in [-0.3, -0.25) is 9.88 Å². The molecule has 3 rings (SSSR count). The van der Waals surface area contributed by atoms with Crippen LogP contribution in [0.2, 0.25) is 0 Å². The lowest BCUT2D eigenvalue weighted by molar-refractivity contribution is 0.0864. The fraction of sp³-hybridized carbons (Fsp3) is 0.350. The maximum atomic E-state index is 11.3. The molecular weight excluding hydrogens is 284 g/mol. The van der Waals surface area contributed by atoms with Gasteiger partial charge < -0.3 is 5.11 Å². The van der Waals surface area contributed by atoms with Crippen LogP contribution < -0.4 is 0 Å². The molecule has 2 heterocycles. The minimum atomic E-state index is -1.10. The van der Waals surface area contributed by atoms with Crippen molar-refractivity contribution in [2.45, 2.75) is 24.9 Å². The molecular formula is C20H22N2O. The Kier molecular flexibility index (Phi) is 5.07. The Labute approximate surface area is 138 Å². The molecule has 0 bridgehead atoms. The SMILES string of the molecule is O[C@](CC#CCN1CCCC1)(c1ccccc1)c1ccncc1. The average Bonchev–Trinajstić information content (AvgIpc) is 3.13. The van der Waals surface area contributed by atoms with Gasteiger partial charge in [-0.15, -0.1) is 0 Å². The van der Waals surface area contributed by atoms with Gasteiger partial charge in [-0.25, -0.2) is 0 Å². The van der Waals surface area contributed by atoms with Crippen LogP contribution in [0.15, 0.2) is 54.9 Å². The Hall–Kier alpha value is -2.15. The summed E-state index contributed by atoms with van der Waals surface area (Å²) in [6.07, 6.45) is 6.34. The first-order valence-electron chi connectivity index (χ1n) is 8.15. The lowest BCUT2D eigenvalue weighted by atomic mass is 9.84. The maximum Gasteiger partial charge on any atom is 0.126 e. The van der Waals surface area contributed by atoms with E-state index in [1.165, 1.54) is 12.8 Å². The first-order chi connectivity index (χ1) is 11.3. The number of nitrogens with zero attached hydrogens (tertiary/aromatic N) is 2. The normalized spacial score (nSPS) is 17.3. The zero-order chi connectivity index (χ0) is 16.0. The Bertz CT molecular complexity index is 628. The number of hydrogen-bond acceptors (Lipinski definition) is 3. The molecule has 1 aromatic carbocycles. The van der Waals surface area contributed by atoms with Gasteiger partial charge in [0.1, 0.15) is 5.60 Å². The molecule has 118 valence electrons. The minimum Gasteiger partial charge on any atom is -0.379 e. The summed E-state index contributed by atoms with van der Waals surface area (Å²) >= 11 is 0. The van der Waals surface area contributed by atoms with Gasteiger partial charge in [0.25, 0.3) is 0 Å². The van der Waals surface area contributed by atoms with Crippen LogP contribution in [0, 0.1) is 11.8 Å². The predicted molar refractivity (Wildman–Crippen MR) is 91.7 cm³/mol. The van der Waals surface area contributed by atoms with Crippen LogP contribution in [0.3, 0.4) is 0 Å². The van der Waals surface area contributed by atoms with Crippen molar-refractivity contribution < 1.29 is 5.11 Å². The van der Waals surface area contributed by atoms with Crippen LogP contribution in [0.5, 0.6) is 0 Å². The molecule has 0 spiro atoms. The minimum absolute atomic E-state index is 0.384. The summed E-state index contributed by atoms with van der Waals surface area (Å²) in [6, 6.07) is 13.4. The Balaban J connectivity index is 1.80. The van der Waals surface area contributed by atoms with Crippen LogP contribution in [-0.2, 0) is 5.60 Å². The third-order valence-electron chi connectivity index (χ3n) is 4.38. The number of pyridine rings is 1. The molecule has 0 aliphatic carbocycles. The maximum absolute atomic E-state index is 11.3. The van der Waals surface area contributed by atoms with E-state index in [0.29, 0.717) is 6.42 Å². The van der Waals surface area contributed by atoms with Gasteiger partial charge in [0, 0.05) is 18.8 Å². The highest BCUT2D eigenvalue weighted by atomic mass is 16.3. The third kappa shape index (κ3) is 3.79. The number of likely N-dealkylation sites (tertiary alicyclic amines) is 1. The molecule has 1 aromatic heterocycles. The first kappa shape index (κ1) is 15.7. The highest BCUT2D eigenvalue weighted by Crippen LogP contribution is 2.32. The molecule has 2 aromatic rings. The van der Waals surface area contributed by atoms with Crippen molar-refractivity contribution in [1.29, 1.82) is 0 Å². The van der Waals surface area contributed by atoms with E-state index < -0.39 is 5.60 Å². The molecule has 0 saturated carbocycles. The second-order valence-corrected chi connectivity index (χ2v) is 5.98. The summed E-state index contributed by atoms with van der Waals surface area (Å²) in [5.74, 6) is 6.41. The molecule has 1 aliphatic rings. The zero-order valence-electron chi connectivity index (χ0n) is 13.3. The van der Waals surface area contributed by atoms with Crippen molar-refractivity contribution in [1.82, 2.24) is 9.88 Å². The summed E-state index contributed by atoms with van der Waals surface area (Å²) in [5, 5.41) is 11.3. The average molecular weight is 306 g/mol. The van der Waals surface area contributed by atoms with E-state index in [2.05, 4.69) is 21.7 Å². The fourth-order valence-electron chi connectivity index (χ4n) is 3.01.